The maximum absolute atomic E-state index is 13.0. The Morgan fingerprint density at radius 1 is 1.12 bits per heavy atom. The lowest BCUT2D eigenvalue weighted by molar-refractivity contribution is 0.0938. The van der Waals surface area contributed by atoms with Gasteiger partial charge in [-0.15, -0.1) is 0 Å². The van der Waals surface area contributed by atoms with Crippen molar-refractivity contribution in [3.05, 3.63) is 75.6 Å². The van der Waals surface area contributed by atoms with Crippen molar-refractivity contribution in [1.82, 2.24) is 5.32 Å². The summed E-state index contributed by atoms with van der Waals surface area (Å²) in [6.07, 6.45) is 2.03. The zero-order chi connectivity index (χ0) is 18.1. The molecule has 1 N–H and O–H groups in total. The van der Waals surface area contributed by atoms with E-state index in [1.165, 1.54) is 0 Å². The fraction of sp³-hybridized carbons (Fsp3) is 0.238. The molecule has 4 rings (SSSR count). The Morgan fingerprint density at radius 3 is 2.81 bits per heavy atom. The van der Waals surface area contributed by atoms with E-state index in [-0.39, 0.29) is 17.1 Å². The molecule has 132 valence electrons. The maximum Gasteiger partial charge on any atom is 0.288 e. The Kier molecular flexibility index (Phi) is 4.21. The minimum Gasteiger partial charge on any atom is -0.494 e. The molecular formula is C21H19NO4. The van der Waals surface area contributed by atoms with Crippen LogP contribution < -0.4 is 15.5 Å². The van der Waals surface area contributed by atoms with Crippen LogP contribution in [0.5, 0.6) is 5.75 Å². The quantitative estimate of drug-likeness (QED) is 0.711. The smallest absolute Gasteiger partial charge is 0.288 e. The molecule has 1 atom stereocenters. The number of fused-ring (bicyclic) bond motifs is 2. The molecule has 2 heterocycles. The zero-order valence-electron chi connectivity index (χ0n) is 14.5. The molecule has 0 saturated heterocycles. The normalized spacial score (nSPS) is 15.7. The van der Waals surface area contributed by atoms with E-state index in [0.717, 1.165) is 24.2 Å². The van der Waals surface area contributed by atoms with Crippen LogP contribution in [0.2, 0.25) is 0 Å². The number of rotatable bonds is 5. The van der Waals surface area contributed by atoms with Gasteiger partial charge in [0, 0.05) is 0 Å². The summed E-state index contributed by atoms with van der Waals surface area (Å²) in [5.41, 5.74) is 1.40. The Balaban J connectivity index is 1.77. The molecule has 1 unspecified atom stereocenters. The molecule has 0 radical (unpaired) electrons. The summed E-state index contributed by atoms with van der Waals surface area (Å²) < 4.78 is 11.5. The first kappa shape index (κ1) is 16.4. The van der Waals surface area contributed by atoms with Gasteiger partial charge in [-0.25, -0.2) is 0 Å². The highest BCUT2D eigenvalue weighted by Gasteiger charge is 2.35. The van der Waals surface area contributed by atoms with Crippen LogP contribution in [0.4, 0.5) is 0 Å². The molecule has 3 aromatic rings. The second kappa shape index (κ2) is 6.67. The SMILES string of the molecule is CCCCOc1cccc(C2NC(=O)c3oc4ccccc4c(=O)c32)c1. The van der Waals surface area contributed by atoms with Crippen LogP contribution in [-0.4, -0.2) is 12.5 Å². The van der Waals surface area contributed by atoms with Gasteiger partial charge in [0.15, 0.2) is 5.43 Å². The fourth-order valence-corrected chi connectivity index (χ4v) is 3.22. The van der Waals surface area contributed by atoms with Gasteiger partial charge in [-0.3, -0.25) is 9.59 Å². The van der Waals surface area contributed by atoms with Gasteiger partial charge < -0.3 is 14.5 Å². The third kappa shape index (κ3) is 2.75. The topological polar surface area (TPSA) is 68.5 Å². The van der Waals surface area contributed by atoms with Crippen molar-refractivity contribution in [3.8, 4) is 5.75 Å². The molecule has 0 spiro atoms. The van der Waals surface area contributed by atoms with Gasteiger partial charge in [-0.1, -0.05) is 37.6 Å². The lowest BCUT2D eigenvalue weighted by Crippen LogP contribution is -2.22. The number of amides is 1. The van der Waals surface area contributed by atoms with E-state index < -0.39 is 6.04 Å². The van der Waals surface area contributed by atoms with Crippen LogP contribution in [-0.2, 0) is 0 Å². The van der Waals surface area contributed by atoms with E-state index in [1.807, 2.05) is 24.3 Å². The molecule has 5 nitrogen and oxygen atoms in total. The summed E-state index contributed by atoms with van der Waals surface area (Å²) in [7, 11) is 0. The summed E-state index contributed by atoms with van der Waals surface area (Å²) >= 11 is 0. The second-order valence-corrected chi connectivity index (χ2v) is 6.35. The average molecular weight is 349 g/mol. The molecule has 0 aliphatic carbocycles. The van der Waals surface area contributed by atoms with Crippen molar-refractivity contribution in [3.63, 3.8) is 0 Å². The molecule has 1 aliphatic heterocycles. The van der Waals surface area contributed by atoms with E-state index >= 15 is 0 Å². The monoisotopic (exact) mass is 349 g/mol. The highest BCUT2D eigenvalue weighted by Crippen LogP contribution is 2.32. The number of nitrogens with one attached hydrogen (secondary N) is 1. The van der Waals surface area contributed by atoms with E-state index in [4.69, 9.17) is 9.15 Å². The zero-order valence-corrected chi connectivity index (χ0v) is 14.5. The van der Waals surface area contributed by atoms with Gasteiger partial charge in [0.05, 0.1) is 23.6 Å². The van der Waals surface area contributed by atoms with Gasteiger partial charge >= 0.3 is 0 Å². The van der Waals surface area contributed by atoms with Crippen molar-refractivity contribution in [2.24, 2.45) is 0 Å². The molecule has 1 aliphatic rings. The Labute approximate surface area is 150 Å². The Bertz CT molecular complexity index is 1040. The van der Waals surface area contributed by atoms with E-state index in [1.54, 1.807) is 24.3 Å². The van der Waals surface area contributed by atoms with Crippen LogP contribution in [0.15, 0.2) is 57.7 Å². The number of hydrogen-bond donors (Lipinski definition) is 1. The molecule has 1 aromatic heterocycles. The number of hydrogen-bond acceptors (Lipinski definition) is 4. The summed E-state index contributed by atoms with van der Waals surface area (Å²) in [6.45, 7) is 2.74. The second-order valence-electron chi connectivity index (χ2n) is 6.35. The highest BCUT2D eigenvalue weighted by molar-refractivity contribution is 5.98. The number of carbonyl (C=O) groups is 1. The van der Waals surface area contributed by atoms with Crippen molar-refractivity contribution in [2.45, 2.75) is 25.8 Å². The third-order valence-electron chi connectivity index (χ3n) is 4.56. The molecule has 0 saturated carbocycles. The molecule has 26 heavy (non-hydrogen) atoms. The summed E-state index contributed by atoms with van der Waals surface area (Å²) in [6, 6.07) is 13.9. The highest BCUT2D eigenvalue weighted by atomic mass is 16.5. The number of ether oxygens (including phenoxy) is 1. The summed E-state index contributed by atoms with van der Waals surface area (Å²) in [4.78, 5) is 25.3. The number of unbranched alkanes of at least 4 members (excludes halogenated alkanes) is 1. The predicted molar refractivity (Wildman–Crippen MR) is 98.6 cm³/mol. The van der Waals surface area contributed by atoms with Gasteiger partial charge in [-0.05, 0) is 36.2 Å². The Hall–Kier alpha value is -3.08. The maximum atomic E-state index is 13.0. The lowest BCUT2D eigenvalue weighted by atomic mass is 9.99. The number of benzene rings is 2. The number of carbonyl (C=O) groups excluding carboxylic acids is 1. The largest absolute Gasteiger partial charge is 0.494 e. The van der Waals surface area contributed by atoms with Crippen LogP contribution in [0, 0.1) is 0 Å². The third-order valence-corrected chi connectivity index (χ3v) is 4.56. The van der Waals surface area contributed by atoms with Gasteiger partial charge in [0.25, 0.3) is 5.91 Å². The van der Waals surface area contributed by atoms with Crippen LogP contribution >= 0.6 is 0 Å². The minimum absolute atomic E-state index is 0.0935. The van der Waals surface area contributed by atoms with Crippen molar-refractivity contribution in [2.75, 3.05) is 6.61 Å². The molecular weight excluding hydrogens is 330 g/mol. The summed E-state index contributed by atoms with van der Waals surface area (Å²) in [5.74, 6) is 0.449. The van der Waals surface area contributed by atoms with E-state index in [2.05, 4.69) is 12.2 Å². The predicted octanol–water partition coefficient (Wildman–Crippen LogP) is 3.80. The summed E-state index contributed by atoms with van der Waals surface area (Å²) in [5, 5.41) is 3.33. The fourth-order valence-electron chi connectivity index (χ4n) is 3.22. The van der Waals surface area contributed by atoms with Gasteiger partial charge in [0.1, 0.15) is 11.3 Å². The van der Waals surface area contributed by atoms with E-state index in [9.17, 15) is 9.59 Å². The van der Waals surface area contributed by atoms with Gasteiger partial charge in [0.2, 0.25) is 5.76 Å². The molecule has 0 bridgehead atoms. The number of para-hydroxylation sites is 1. The van der Waals surface area contributed by atoms with Crippen molar-refractivity contribution < 1.29 is 13.9 Å². The van der Waals surface area contributed by atoms with Crippen molar-refractivity contribution >= 4 is 16.9 Å². The van der Waals surface area contributed by atoms with Crippen LogP contribution in [0.25, 0.3) is 11.0 Å². The molecule has 1 amide bonds. The first-order valence-electron chi connectivity index (χ1n) is 8.78. The van der Waals surface area contributed by atoms with Crippen molar-refractivity contribution in [1.29, 1.82) is 0 Å². The first-order valence-corrected chi connectivity index (χ1v) is 8.78. The lowest BCUT2D eigenvalue weighted by Gasteiger charge is -2.13. The van der Waals surface area contributed by atoms with Crippen LogP contribution in [0.1, 0.15) is 47.5 Å². The first-order chi connectivity index (χ1) is 12.7. The molecule has 0 fully saturated rings. The van der Waals surface area contributed by atoms with Crippen LogP contribution in [0.3, 0.4) is 0 Å². The molecule has 5 heteroatoms. The Morgan fingerprint density at radius 2 is 1.96 bits per heavy atom. The standard InChI is InChI=1S/C21H19NO4/c1-2-3-11-25-14-8-6-7-13(12-14)18-17-19(23)15-9-4-5-10-16(15)26-20(17)21(24)22-18/h4-10,12,18H,2-3,11H2,1H3,(H,22,24). The average Bonchev–Trinajstić information content (AvgIpc) is 3.00. The van der Waals surface area contributed by atoms with Gasteiger partial charge in [-0.2, -0.15) is 0 Å². The minimum atomic E-state index is -0.534. The molecule has 2 aromatic carbocycles. The van der Waals surface area contributed by atoms with E-state index in [0.29, 0.717) is 23.1 Å².